The van der Waals surface area contributed by atoms with Crippen molar-refractivity contribution in [3.63, 3.8) is 0 Å². The maximum Gasteiger partial charge on any atom is 0.227 e. The van der Waals surface area contributed by atoms with Crippen molar-refractivity contribution in [2.75, 3.05) is 0 Å². The van der Waals surface area contributed by atoms with Crippen LogP contribution in [0.3, 0.4) is 0 Å². The lowest BCUT2D eigenvalue weighted by atomic mass is 9.91. The van der Waals surface area contributed by atoms with Crippen LogP contribution in [0.1, 0.15) is 47.5 Å². The number of allylic oxidation sites excluding steroid dienone is 5. The largest absolute Gasteiger partial charge is 0.508 e. The fourth-order valence-electron chi connectivity index (χ4n) is 3.59. The summed E-state index contributed by atoms with van der Waals surface area (Å²) >= 11 is 0. The van der Waals surface area contributed by atoms with E-state index in [1.165, 1.54) is 25.2 Å². The molecule has 9 heteroatoms. The van der Waals surface area contributed by atoms with Gasteiger partial charge in [0.25, 0.3) is 0 Å². The molecular formula is C25H36O9. The number of Topliss-reactive ketones (excluding diaryl/α,β-unsaturated/α-hetero) is 1. The fraction of sp³-hybridized carbons (Fsp3) is 0.560. The molecule has 2 rings (SSSR count). The van der Waals surface area contributed by atoms with Crippen LogP contribution in [0.2, 0.25) is 0 Å². The highest BCUT2D eigenvalue weighted by molar-refractivity contribution is 5.97. The van der Waals surface area contributed by atoms with Gasteiger partial charge in [-0.25, -0.2) is 0 Å². The molecule has 7 atom stereocenters. The van der Waals surface area contributed by atoms with Crippen LogP contribution in [0.15, 0.2) is 59.0 Å². The zero-order valence-corrected chi connectivity index (χ0v) is 20.2. The molecule has 34 heavy (non-hydrogen) atoms. The first-order chi connectivity index (χ1) is 15.9. The molecule has 0 aliphatic carbocycles. The first-order valence-electron chi connectivity index (χ1n) is 11.4. The molecule has 0 aromatic carbocycles. The molecule has 0 bridgehead atoms. The molecule has 0 spiro atoms. The van der Waals surface area contributed by atoms with Gasteiger partial charge in [0.05, 0.1) is 30.8 Å². The van der Waals surface area contributed by atoms with Crippen molar-refractivity contribution in [2.24, 2.45) is 5.92 Å². The molecule has 2 aliphatic heterocycles. The predicted molar refractivity (Wildman–Crippen MR) is 124 cm³/mol. The standard InChI is InChI=1S/C25H36O9/c1-6-7-17(9-8-13(2)26)23-24(34-25-22(31)15(4)21(30)16(5)32-25)20(29)12-19(33-23)11-18(28)10-14(3)27/h7-11,13-16,21-22,25-28,30-31H,6,12H2,1-5H3/b9-8-,17-7+,18-10+,19-11+/t13?,14?,15-,16+,21-,22-,25+/m1/s1. The lowest BCUT2D eigenvalue weighted by Crippen LogP contribution is -2.53. The Morgan fingerprint density at radius 3 is 2.44 bits per heavy atom. The molecule has 0 aromatic heterocycles. The van der Waals surface area contributed by atoms with E-state index in [0.717, 1.165) is 0 Å². The quantitative estimate of drug-likeness (QED) is 0.261. The zero-order chi connectivity index (χ0) is 25.6. The van der Waals surface area contributed by atoms with Crippen molar-refractivity contribution in [1.82, 2.24) is 0 Å². The SMILES string of the molecule is CC/C=C(\C=C/C(C)O)C1=C(O[C@@H]2O[C@@H](C)[C@H](O)[C@@H](C)[C@H]2O)C(=O)C/C(=C\C(O)=C/C(C)O)O1. The van der Waals surface area contributed by atoms with Gasteiger partial charge in [-0.2, -0.15) is 0 Å². The number of aliphatic hydroxyl groups is 5. The maximum absolute atomic E-state index is 13.1. The lowest BCUT2D eigenvalue weighted by molar-refractivity contribution is -0.267. The summed E-state index contributed by atoms with van der Waals surface area (Å²) in [5.41, 5.74) is 0.447. The normalized spacial score (nSPS) is 32.2. The molecule has 0 amide bonds. The molecule has 9 nitrogen and oxygen atoms in total. The summed E-state index contributed by atoms with van der Waals surface area (Å²) in [5, 5.41) is 49.9. The summed E-state index contributed by atoms with van der Waals surface area (Å²) < 4.78 is 17.4. The molecule has 5 N–H and O–H groups in total. The average molecular weight is 481 g/mol. The van der Waals surface area contributed by atoms with E-state index in [-0.39, 0.29) is 29.5 Å². The van der Waals surface area contributed by atoms with Crippen LogP contribution in [0.25, 0.3) is 0 Å². The summed E-state index contributed by atoms with van der Waals surface area (Å²) in [6.07, 6.45) is 2.00. The second-order valence-corrected chi connectivity index (χ2v) is 8.64. The second kappa shape index (κ2) is 12.3. The number of carbonyl (C=O) groups excluding carboxylic acids is 1. The highest BCUT2D eigenvalue weighted by atomic mass is 16.7. The Hall–Kier alpha value is -2.43. The molecular weight excluding hydrogens is 444 g/mol. The summed E-state index contributed by atoms with van der Waals surface area (Å²) in [7, 11) is 0. The van der Waals surface area contributed by atoms with E-state index in [9.17, 15) is 30.3 Å². The van der Waals surface area contributed by atoms with Crippen LogP contribution in [0.4, 0.5) is 0 Å². The van der Waals surface area contributed by atoms with Gasteiger partial charge in [-0.1, -0.05) is 32.1 Å². The van der Waals surface area contributed by atoms with E-state index in [0.29, 0.717) is 12.0 Å². The number of ketones is 1. The van der Waals surface area contributed by atoms with Gasteiger partial charge < -0.3 is 39.7 Å². The molecule has 1 saturated heterocycles. The molecule has 0 saturated carbocycles. The summed E-state index contributed by atoms with van der Waals surface area (Å²) in [4.78, 5) is 13.1. The van der Waals surface area contributed by atoms with E-state index >= 15 is 0 Å². The number of ether oxygens (including phenoxy) is 3. The van der Waals surface area contributed by atoms with Crippen LogP contribution in [0, 0.1) is 5.92 Å². The highest BCUT2D eigenvalue weighted by Crippen LogP contribution is 2.34. The van der Waals surface area contributed by atoms with Gasteiger partial charge in [0.15, 0.2) is 5.76 Å². The van der Waals surface area contributed by atoms with E-state index in [1.54, 1.807) is 32.9 Å². The van der Waals surface area contributed by atoms with Crippen molar-refractivity contribution in [3.8, 4) is 0 Å². The maximum atomic E-state index is 13.1. The number of hydrogen-bond acceptors (Lipinski definition) is 9. The highest BCUT2D eigenvalue weighted by Gasteiger charge is 2.43. The Balaban J connectivity index is 2.53. The van der Waals surface area contributed by atoms with Gasteiger partial charge in [0.2, 0.25) is 17.8 Å². The van der Waals surface area contributed by atoms with Crippen LogP contribution in [-0.4, -0.2) is 68.1 Å². The Labute approximate surface area is 200 Å². The van der Waals surface area contributed by atoms with Crippen LogP contribution in [0.5, 0.6) is 0 Å². The van der Waals surface area contributed by atoms with Crippen molar-refractivity contribution in [2.45, 2.75) is 84.3 Å². The van der Waals surface area contributed by atoms with Crippen molar-refractivity contribution >= 4 is 5.78 Å². The molecule has 0 radical (unpaired) electrons. The number of carbonyl (C=O) groups is 1. The van der Waals surface area contributed by atoms with E-state index in [1.807, 2.05) is 6.92 Å². The third kappa shape index (κ3) is 7.28. The molecule has 0 aromatic rings. The van der Waals surface area contributed by atoms with Crippen molar-refractivity contribution in [1.29, 1.82) is 0 Å². The Kier molecular flexibility index (Phi) is 10.1. The zero-order valence-electron chi connectivity index (χ0n) is 20.2. The summed E-state index contributed by atoms with van der Waals surface area (Å²) in [5.74, 6) is -1.33. The Morgan fingerprint density at radius 1 is 1.18 bits per heavy atom. The molecule has 2 aliphatic rings. The van der Waals surface area contributed by atoms with Gasteiger partial charge in [0.1, 0.15) is 17.6 Å². The van der Waals surface area contributed by atoms with E-state index in [2.05, 4.69) is 0 Å². The fourth-order valence-corrected chi connectivity index (χ4v) is 3.59. The van der Waals surface area contributed by atoms with Gasteiger partial charge in [-0.15, -0.1) is 0 Å². The molecule has 2 heterocycles. The molecule has 2 unspecified atom stereocenters. The number of hydrogen-bond donors (Lipinski definition) is 5. The molecule has 1 fully saturated rings. The van der Waals surface area contributed by atoms with Gasteiger partial charge in [0, 0.05) is 17.6 Å². The first kappa shape index (κ1) is 27.8. The van der Waals surface area contributed by atoms with Crippen LogP contribution in [-0.2, 0) is 19.0 Å². The van der Waals surface area contributed by atoms with Crippen LogP contribution < -0.4 is 0 Å². The second-order valence-electron chi connectivity index (χ2n) is 8.64. The predicted octanol–water partition coefficient (Wildman–Crippen LogP) is 2.29. The van der Waals surface area contributed by atoms with Gasteiger partial charge in [-0.05, 0) is 33.3 Å². The molecule has 190 valence electrons. The minimum absolute atomic E-state index is 0.0355. The minimum atomic E-state index is -1.22. The van der Waals surface area contributed by atoms with Crippen molar-refractivity contribution < 1.29 is 44.5 Å². The van der Waals surface area contributed by atoms with Gasteiger partial charge in [-0.3, -0.25) is 4.79 Å². The Bertz CT molecular complexity index is 879. The summed E-state index contributed by atoms with van der Waals surface area (Å²) in [6.45, 7) is 8.23. The average Bonchev–Trinajstić information content (AvgIpc) is 2.74. The van der Waals surface area contributed by atoms with Gasteiger partial charge >= 0.3 is 0 Å². The Morgan fingerprint density at radius 2 is 1.85 bits per heavy atom. The number of aliphatic hydroxyl groups excluding tert-OH is 5. The summed E-state index contributed by atoms with van der Waals surface area (Å²) in [6, 6.07) is 0. The minimum Gasteiger partial charge on any atom is -0.508 e. The monoisotopic (exact) mass is 480 g/mol. The topological polar surface area (TPSA) is 146 Å². The smallest absolute Gasteiger partial charge is 0.227 e. The van der Waals surface area contributed by atoms with Crippen molar-refractivity contribution in [3.05, 3.63) is 59.0 Å². The van der Waals surface area contributed by atoms with E-state index in [4.69, 9.17) is 14.2 Å². The first-order valence-corrected chi connectivity index (χ1v) is 11.4. The lowest BCUT2D eigenvalue weighted by Gasteiger charge is -2.40. The van der Waals surface area contributed by atoms with E-state index < -0.39 is 48.5 Å². The number of rotatable bonds is 8. The van der Waals surface area contributed by atoms with Crippen LogP contribution >= 0.6 is 0 Å². The third-order valence-electron chi connectivity index (χ3n) is 5.41. The third-order valence-corrected chi connectivity index (χ3v) is 5.41.